The van der Waals surface area contributed by atoms with Crippen molar-refractivity contribution in [2.45, 2.75) is 51.5 Å². The van der Waals surface area contributed by atoms with Crippen LogP contribution in [0, 0.1) is 0 Å². The fourth-order valence-corrected chi connectivity index (χ4v) is 3.53. The van der Waals surface area contributed by atoms with Crippen LogP contribution in [0.1, 0.15) is 51.5 Å². The zero-order chi connectivity index (χ0) is 20.6. The van der Waals surface area contributed by atoms with Crippen LogP contribution in [0.5, 0.6) is 0 Å². The predicted molar refractivity (Wildman–Crippen MR) is 110 cm³/mol. The van der Waals surface area contributed by atoms with Gasteiger partial charge in [-0.25, -0.2) is 0 Å². The number of nitrogens with zero attached hydrogens (tertiary/aromatic N) is 5. The number of carbonyl (C=O) groups excluding carboxylic acids is 2. The molecule has 0 saturated carbocycles. The summed E-state index contributed by atoms with van der Waals surface area (Å²) in [4.78, 5) is 27.9. The average molecular weight is 419 g/mol. The highest BCUT2D eigenvalue weighted by atomic mass is 35.5. The van der Waals surface area contributed by atoms with Gasteiger partial charge < -0.3 is 10.2 Å². The predicted octanol–water partition coefficient (Wildman–Crippen LogP) is 2.85. The molecule has 1 aliphatic rings. The average Bonchev–Trinajstić information content (AvgIpc) is 3.10. The van der Waals surface area contributed by atoms with E-state index >= 15 is 0 Å². The SMILES string of the molecule is CCC(C(=O)NCCCN1CCCCCC1=O)n1nnc(-c2ccc(Cl)cc2)n1. The first-order valence-corrected chi connectivity index (χ1v) is 10.6. The minimum absolute atomic E-state index is 0.144. The lowest BCUT2D eigenvalue weighted by Crippen LogP contribution is -2.36. The highest BCUT2D eigenvalue weighted by Crippen LogP contribution is 2.18. The second-order valence-corrected chi connectivity index (χ2v) is 7.64. The zero-order valence-corrected chi connectivity index (χ0v) is 17.4. The summed E-state index contributed by atoms with van der Waals surface area (Å²) in [7, 11) is 0. The summed E-state index contributed by atoms with van der Waals surface area (Å²) < 4.78 is 0. The lowest BCUT2D eigenvalue weighted by Gasteiger charge is -2.20. The van der Waals surface area contributed by atoms with E-state index < -0.39 is 6.04 Å². The molecular formula is C20H27ClN6O2. The first kappa shape index (κ1) is 21.2. The summed E-state index contributed by atoms with van der Waals surface area (Å²) in [6.45, 7) is 3.92. The molecule has 0 bridgehead atoms. The maximum Gasteiger partial charge on any atom is 0.246 e. The molecule has 1 aromatic carbocycles. The highest BCUT2D eigenvalue weighted by molar-refractivity contribution is 6.30. The number of likely N-dealkylation sites (tertiary alicyclic amines) is 1. The van der Waals surface area contributed by atoms with Crippen molar-refractivity contribution in [3.8, 4) is 11.4 Å². The van der Waals surface area contributed by atoms with Gasteiger partial charge in [-0.05, 0) is 55.2 Å². The topological polar surface area (TPSA) is 93.0 Å². The Bertz CT molecular complexity index is 823. The van der Waals surface area contributed by atoms with E-state index in [2.05, 4.69) is 20.7 Å². The van der Waals surface area contributed by atoms with Gasteiger partial charge in [0, 0.05) is 36.6 Å². The quantitative estimate of drug-likeness (QED) is 0.665. The van der Waals surface area contributed by atoms with Crippen LogP contribution in [-0.2, 0) is 9.59 Å². The van der Waals surface area contributed by atoms with Crippen LogP contribution < -0.4 is 5.32 Å². The second kappa shape index (κ2) is 10.3. The molecular weight excluding hydrogens is 392 g/mol. The normalized spacial score (nSPS) is 15.8. The fourth-order valence-electron chi connectivity index (χ4n) is 3.40. The maximum absolute atomic E-state index is 12.6. The molecule has 1 N–H and O–H groups in total. The molecule has 3 rings (SSSR count). The molecule has 0 aliphatic carbocycles. The third-order valence-electron chi connectivity index (χ3n) is 5.07. The monoisotopic (exact) mass is 418 g/mol. The summed E-state index contributed by atoms with van der Waals surface area (Å²) >= 11 is 5.91. The van der Waals surface area contributed by atoms with E-state index in [0.29, 0.717) is 36.8 Å². The van der Waals surface area contributed by atoms with Crippen molar-refractivity contribution in [2.75, 3.05) is 19.6 Å². The van der Waals surface area contributed by atoms with Gasteiger partial charge >= 0.3 is 0 Å². The number of hydrogen-bond donors (Lipinski definition) is 1. The fraction of sp³-hybridized carbons (Fsp3) is 0.550. The molecule has 1 aromatic heterocycles. The number of amides is 2. The maximum atomic E-state index is 12.6. The molecule has 9 heteroatoms. The molecule has 1 unspecified atom stereocenters. The summed E-state index contributed by atoms with van der Waals surface area (Å²) in [6.07, 6.45) is 5.07. The number of benzene rings is 1. The van der Waals surface area contributed by atoms with Crippen molar-refractivity contribution in [3.63, 3.8) is 0 Å². The van der Waals surface area contributed by atoms with Gasteiger partial charge in [0.2, 0.25) is 17.6 Å². The van der Waals surface area contributed by atoms with E-state index in [1.807, 2.05) is 24.0 Å². The molecule has 1 atom stereocenters. The van der Waals surface area contributed by atoms with Crippen LogP contribution in [0.15, 0.2) is 24.3 Å². The third-order valence-corrected chi connectivity index (χ3v) is 5.33. The minimum atomic E-state index is -0.525. The van der Waals surface area contributed by atoms with Gasteiger partial charge in [0.1, 0.15) is 0 Å². The summed E-state index contributed by atoms with van der Waals surface area (Å²) in [5, 5.41) is 16.0. The molecule has 1 saturated heterocycles. The molecule has 0 radical (unpaired) electrons. The number of rotatable bonds is 8. The minimum Gasteiger partial charge on any atom is -0.354 e. The van der Waals surface area contributed by atoms with Crippen LogP contribution in [0.4, 0.5) is 0 Å². The lowest BCUT2D eigenvalue weighted by atomic mass is 10.2. The molecule has 2 heterocycles. The van der Waals surface area contributed by atoms with Gasteiger partial charge in [-0.15, -0.1) is 10.2 Å². The largest absolute Gasteiger partial charge is 0.354 e. The van der Waals surface area contributed by atoms with Crippen molar-refractivity contribution in [3.05, 3.63) is 29.3 Å². The van der Waals surface area contributed by atoms with E-state index in [-0.39, 0.29) is 11.8 Å². The van der Waals surface area contributed by atoms with Crippen molar-refractivity contribution in [1.29, 1.82) is 0 Å². The van der Waals surface area contributed by atoms with Crippen molar-refractivity contribution in [1.82, 2.24) is 30.4 Å². The van der Waals surface area contributed by atoms with E-state index in [0.717, 1.165) is 37.8 Å². The summed E-state index contributed by atoms with van der Waals surface area (Å²) in [5.41, 5.74) is 0.790. The first-order valence-electron chi connectivity index (χ1n) is 10.2. The van der Waals surface area contributed by atoms with Gasteiger partial charge in [-0.2, -0.15) is 4.80 Å². The molecule has 0 spiro atoms. The van der Waals surface area contributed by atoms with Crippen LogP contribution >= 0.6 is 11.6 Å². The van der Waals surface area contributed by atoms with E-state index in [1.54, 1.807) is 12.1 Å². The number of hydrogen-bond acceptors (Lipinski definition) is 5. The van der Waals surface area contributed by atoms with Crippen LogP contribution in [-0.4, -0.2) is 56.6 Å². The van der Waals surface area contributed by atoms with Crippen LogP contribution in [0.2, 0.25) is 5.02 Å². The number of tetrazole rings is 1. The third kappa shape index (κ3) is 5.76. The molecule has 1 fully saturated rings. The molecule has 2 amide bonds. The summed E-state index contributed by atoms with van der Waals surface area (Å²) in [6, 6.07) is 6.63. The van der Waals surface area contributed by atoms with Gasteiger partial charge in [0.15, 0.2) is 6.04 Å². The Hall–Kier alpha value is -2.48. The van der Waals surface area contributed by atoms with Gasteiger partial charge in [0.25, 0.3) is 0 Å². The summed E-state index contributed by atoms with van der Waals surface area (Å²) in [5.74, 6) is 0.532. The Kier molecular flexibility index (Phi) is 7.57. The zero-order valence-electron chi connectivity index (χ0n) is 16.7. The number of nitrogens with one attached hydrogen (secondary N) is 1. The number of carbonyl (C=O) groups is 2. The second-order valence-electron chi connectivity index (χ2n) is 7.20. The van der Waals surface area contributed by atoms with Gasteiger partial charge in [-0.3, -0.25) is 9.59 Å². The van der Waals surface area contributed by atoms with E-state index in [4.69, 9.17) is 11.6 Å². The molecule has 156 valence electrons. The van der Waals surface area contributed by atoms with E-state index in [9.17, 15) is 9.59 Å². The number of aromatic nitrogens is 4. The van der Waals surface area contributed by atoms with E-state index in [1.165, 1.54) is 4.80 Å². The van der Waals surface area contributed by atoms with Gasteiger partial charge in [-0.1, -0.05) is 24.9 Å². The van der Waals surface area contributed by atoms with Crippen molar-refractivity contribution in [2.24, 2.45) is 0 Å². The Labute approximate surface area is 175 Å². The van der Waals surface area contributed by atoms with Gasteiger partial charge in [0.05, 0.1) is 0 Å². The molecule has 1 aliphatic heterocycles. The van der Waals surface area contributed by atoms with Crippen LogP contribution in [0.3, 0.4) is 0 Å². The molecule has 2 aromatic rings. The van der Waals surface area contributed by atoms with Crippen molar-refractivity contribution < 1.29 is 9.59 Å². The smallest absolute Gasteiger partial charge is 0.246 e. The first-order chi connectivity index (χ1) is 14.1. The van der Waals surface area contributed by atoms with Crippen LogP contribution in [0.25, 0.3) is 11.4 Å². The number of halogens is 1. The Morgan fingerprint density at radius 2 is 2.03 bits per heavy atom. The Morgan fingerprint density at radius 1 is 1.24 bits per heavy atom. The highest BCUT2D eigenvalue weighted by Gasteiger charge is 2.22. The standard InChI is InChI=1S/C20H27ClN6O2/c1-2-17(27-24-19(23-25-27)15-8-10-16(21)11-9-15)20(29)22-12-6-14-26-13-5-3-4-7-18(26)28/h8-11,17H,2-7,12-14H2,1H3,(H,22,29). The molecule has 29 heavy (non-hydrogen) atoms. The Morgan fingerprint density at radius 3 is 2.79 bits per heavy atom. The van der Waals surface area contributed by atoms with Crippen molar-refractivity contribution >= 4 is 23.4 Å². The Balaban J connectivity index is 1.51. The molecule has 8 nitrogen and oxygen atoms in total. The lowest BCUT2D eigenvalue weighted by molar-refractivity contribution is -0.130.